The molecule has 26 heavy (non-hydrogen) atoms. The molecule has 3 heterocycles. The Morgan fingerprint density at radius 3 is 2.92 bits per heavy atom. The molecule has 0 saturated carbocycles. The molecule has 1 atom stereocenters. The lowest BCUT2D eigenvalue weighted by Crippen LogP contribution is -2.34. The maximum atomic E-state index is 5.05. The molecule has 6 heteroatoms. The van der Waals surface area contributed by atoms with Crippen LogP contribution in [0.4, 0.5) is 11.6 Å². The first-order chi connectivity index (χ1) is 12.7. The van der Waals surface area contributed by atoms with Crippen molar-refractivity contribution in [2.75, 3.05) is 17.8 Å². The van der Waals surface area contributed by atoms with Crippen molar-refractivity contribution in [3.8, 4) is 0 Å². The van der Waals surface area contributed by atoms with Gasteiger partial charge in [-0.1, -0.05) is 37.4 Å². The van der Waals surface area contributed by atoms with Crippen molar-refractivity contribution in [1.29, 1.82) is 0 Å². The lowest BCUT2D eigenvalue weighted by atomic mass is 10.0. The summed E-state index contributed by atoms with van der Waals surface area (Å²) in [4.78, 5) is 14.2. The number of hydrogen-bond donors (Lipinski definition) is 0. The Labute approximate surface area is 158 Å². The Morgan fingerprint density at radius 1 is 1.35 bits per heavy atom. The molecule has 2 aromatic heterocycles. The van der Waals surface area contributed by atoms with Crippen LogP contribution >= 0.6 is 11.8 Å². The minimum atomic E-state index is 0.551. The highest BCUT2D eigenvalue weighted by molar-refractivity contribution is 7.98. The monoisotopic (exact) mass is 365 g/mol. The zero-order valence-electron chi connectivity index (χ0n) is 15.3. The van der Waals surface area contributed by atoms with Gasteiger partial charge in [0, 0.05) is 17.8 Å². The van der Waals surface area contributed by atoms with Crippen LogP contribution in [-0.2, 0) is 6.42 Å². The topological polar surface area (TPSA) is 45.2 Å². The van der Waals surface area contributed by atoms with E-state index in [0.29, 0.717) is 12.5 Å². The molecule has 2 aromatic rings. The van der Waals surface area contributed by atoms with Gasteiger partial charge in [-0.25, -0.2) is 20.0 Å². The van der Waals surface area contributed by atoms with Crippen molar-refractivity contribution in [3.05, 3.63) is 54.4 Å². The molecule has 0 N–H and O–H groups in total. The molecule has 0 saturated heterocycles. The molecule has 0 fully saturated rings. The predicted molar refractivity (Wildman–Crippen MR) is 107 cm³/mol. The minimum Gasteiger partial charge on any atom is -0.274 e. The van der Waals surface area contributed by atoms with Crippen LogP contribution in [0.25, 0.3) is 5.70 Å². The molecule has 134 valence electrons. The molecule has 0 bridgehead atoms. The fourth-order valence-corrected chi connectivity index (χ4v) is 4.12. The summed E-state index contributed by atoms with van der Waals surface area (Å²) in [5.74, 6) is 2.28. The van der Waals surface area contributed by atoms with Gasteiger partial charge in [0.2, 0.25) is 0 Å². The van der Waals surface area contributed by atoms with Gasteiger partial charge >= 0.3 is 0 Å². The number of rotatable bonds is 5. The predicted octanol–water partition coefficient (Wildman–Crippen LogP) is 4.56. The third-order valence-corrected chi connectivity index (χ3v) is 5.71. The first-order valence-electron chi connectivity index (χ1n) is 8.96. The summed E-state index contributed by atoms with van der Waals surface area (Å²) in [6.07, 6.45) is 9.16. The largest absolute Gasteiger partial charge is 0.274 e. The number of nitrogens with zero attached hydrogens (tertiary/aromatic N) is 5. The SMILES string of the molecule is C=CCN1C(=C)c2cnc(SC)nc2N1c1ccc2c(n1)C(CC)CC2. The summed E-state index contributed by atoms with van der Waals surface area (Å²) in [5, 5.41) is 4.88. The van der Waals surface area contributed by atoms with Gasteiger partial charge in [0.1, 0.15) is 0 Å². The van der Waals surface area contributed by atoms with Crippen LogP contribution in [0.3, 0.4) is 0 Å². The molecule has 1 unspecified atom stereocenters. The maximum absolute atomic E-state index is 5.05. The number of fused-ring (bicyclic) bond motifs is 2. The van der Waals surface area contributed by atoms with E-state index in [1.807, 2.05) is 18.5 Å². The van der Waals surface area contributed by atoms with Gasteiger partial charge in [0.15, 0.2) is 16.8 Å². The van der Waals surface area contributed by atoms with Gasteiger partial charge in [0.25, 0.3) is 0 Å². The van der Waals surface area contributed by atoms with E-state index in [1.54, 1.807) is 0 Å². The van der Waals surface area contributed by atoms with Crippen LogP contribution in [0.15, 0.2) is 42.7 Å². The van der Waals surface area contributed by atoms with Crippen molar-refractivity contribution in [1.82, 2.24) is 20.0 Å². The van der Waals surface area contributed by atoms with Crippen LogP contribution in [-0.4, -0.2) is 32.8 Å². The molecule has 1 aliphatic carbocycles. The highest BCUT2D eigenvalue weighted by atomic mass is 32.2. The number of hydrogen-bond acceptors (Lipinski definition) is 6. The number of aryl methyl sites for hydroxylation is 1. The summed E-state index contributed by atoms with van der Waals surface area (Å²) in [5.41, 5.74) is 4.43. The van der Waals surface area contributed by atoms with E-state index < -0.39 is 0 Å². The van der Waals surface area contributed by atoms with Gasteiger partial charge in [0.05, 0.1) is 17.8 Å². The molecule has 0 amide bonds. The molecular weight excluding hydrogens is 342 g/mol. The molecule has 5 nitrogen and oxygen atoms in total. The standard InChI is InChI=1S/C20H23N5S/c1-5-11-24-13(3)16-12-21-20(26-4)23-19(16)25(24)17-10-9-15-8-7-14(6-2)18(15)22-17/h5,9-10,12,14H,1,3,6-8,11H2,2,4H3. The maximum Gasteiger partial charge on any atom is 0.189 e. The van der Waals surface area contributed by atoms with Gasteiger partial charge in [-0.05, 0) is 37.1 Å². The molecule has 0 spiro atoms. The summed E-state index contributed by atoms with van der Waals surface area (Å²) in [7, 11) is 0. The lowest BCUT2D eigenvalue weighted by Gasteiger charge is -2.30. The Balaban J connectivity index is 1.84. The Kier molecular flexibility index (Phi) is 4.44. The van der Waals surface area contributed by atoms with E-state index in [1.165, 1.54) is 29.4 Å². The normalized spacial score (nSPS) is 18.2. The summed E-state index contributed by atoms with van der Waals surface area (Å²) in [6, 6.07) is 4.31. The molecular formula is C20H23N5S. The van der Waals surface area contributed by atoms with Crippen LogP contribution in [0, 0.1) is 0 Å². The minimum absolute atomic E-state index is 0.551. The van der Waals surface area contributed by atoms with Crippen molar-refractivity contribution < 1.29 is 0 Å². The number of thioether (sulfide) groups is 1. The summed E-state index contributed by atoms with van der Waals surface area (Å²) in [6.45, 7) is 11.0. The first kappa shape index (κ1) is 17.1. The fourth-order valence-electron chi connectivity index (χ4n) is 3.78. The van der Waals surface area contributed by atoms with Gasteiger partial charge in [-0.15, -0.1) is 6.58 Å². The zero-order chi connectivity index (χ0) is 18.3. The zero-order valence-corrected chi connectivity index (χ0v) is 16.1. The van der Waals surface area contributed by atoms with Gasteiger partial charge in [-0.2, -0.15) is 0 Å². The average Bonchev–Trinajstić information content (AvgIpc) is 3.20. The number of aromatic nitrogens is 3. The highest BCUT2D eigenvalue weighted by Crippen LogP contribution is 2.43. The second-order valence-corrected chi connectivity index (χ2v) is 7.35. The van der Waals surface area contributed by atoms with Crippen LogP contribution in [0.2, 0.25) is 0 Å². The van der Waals surface area contributed by atoms with E-state index in [9.17, 15) is 0 Å². The molecule has 4 rings (SSSR count). The molecule has 2 aliphatic rings. The Bertz CT molecular complexity index is 879. The number of hydrazine groups is 1. The fraction of sp³-hybridized carbons (Fsp3) is 0.350. The molecule has 1 aliphatic heterocycles. The van der Waals surface area contributed by atoms with Crippen molar-refractivity contribution >= 4 is 29.1 Å². The third-order valence-electron chi connectivity index (χ3n) is 5.15. The number of pyridine rings is 1. The molecule has 0 aromatic carbocycles. The van der Waals surface area contributed by atoms with Crippen LogP contribution < -0.4 is 5.01 Å². The Hall–Kier alpha value is -2.34. The van der Waals surface area contributed by atoms with E-state index in [4.69, 9.17) is 9.97 Å². The summed E-state index contributed by atoms with van der Waals surface area (Å²) >= 11 is 1.53. The lowest BCUT2D eigenvalue weighted by molar-refractivity contribution is 0.459. The van der Waals surface area contributed by atoms with Gasteiger partial charge in [-0.3, -0.25) is 5.01 Å². The highest BCUT2D eigenvalue weighted by Gasteiger charge is 2.34. The second-order valence-electron chi connectivity index (χ2n) is 6.58. The number of anilines is 2. The van der Waals surface area contributed by atoms with Crippen LogP contribution in [0.5, 0.6) is 0 Å². The summed E-state index contributed by atoms with van der Waals surface area (Å²) < 4.78 is 0. The van der Waals surface area contributed by atoms with Crippen molar-refractivity contribution in [2.45, 2.75) is 37.3 Å². The first-order valence-corrected chi connectivity index (χ1v) is 10.2. The van der Waals surface area contributed by atoms with E-state index >= 15 is 0 Å². The quantitative estimate of drug-likeness (QED) is 0.440. The molecule has 0 radical (unpaired) electrons. The van der Waals surface area contributed by atoms with E-state index in [2.05, 4.69) is 47.2 Å². The van der Waals surface area contributed by atoms with Gasteiger partial charge < -0.3 is 0 Å². The van der Waals surface area contributed by atoms with Crippen LogP contribution in [0.1, 0.15) is 42.5 Å². The van der Waals surface area contributed by atoms with Crippen molar-refractivity contribution in [2.24, 2.45) is 0 Å². The van der Waals surface area contributed by atoms with Crippen molar-refractivity contribution in [3.63, 3.8) is 0 Å². The van der Waals surface area contributed by atoms with E-state index in [-0.39, 0.29) is 0 Å². The Morgan fingerprint density at radius 2 is 2.19 bits per heavy atom. The van der Waals surface area contributed by atoms with E-state index in [0.717, 1.165) is 40.9 Å². The third kappa shape index (κ3) is 2.60. The smallest absolute Gasteiger partial charge is 0.189 e. The second kappa shape index (κ2) is 6.76. The average molecular weight is 366 g/mol.